The minimum Gasteiger partial charge on any atom is -0.495 e. The number of nitrogens with one attached hydrogen (secondary N) is 1. The number of aliphatic hydroxyl groups is 1. The number of ether oxygens (including phenoxy) is 1. The summed E-state index contributed by atoms with van der Waals surface area (Å²) < 4.78 is 44.5. The van der Waals surface area contributed by atoms with Crippen LogP contribution in [-0.2, 0) is 6.18 Å². The van der Waals surface area contributed by atoms with Crippen LogP contribution in [0.25, 0.3) is 5.57 Å². The molecule has 1 aliphatic carbocycles. The molecular weight excluding hydrogens is 447 g/mol. The summed E-state index contributed by atoms with van der Waals surface area (Å²) >= 11 is 0. The van der Waals surface area contributed by atoms with Crippen molar-refractivity contribution in [1.29, 1.82) is 0 Å². The topological polar surface area (TPSA) is 83.8 Å². The normalized spacial score (nSPS) is 17.0. The number of benzene rings is 1. The van der Waals surface area contributed by atoms with Crippen LogP contribution in [0.5, 0.6) is 5.75 Å². The molecule has 34 heavy (non-hydrogen) atoms. The molecule has 4 rings (SSSR count). The van der Waals surface area contributed by atoms with Gasteiger partial charge in [0.05, 0.1) is 29.5 Å². The smallest absolute Gasteiger partial charge is 0.433 e. The Balaban J connectivity index is 1.71. The van der Waals surface area contributed by atoms with Gasteiger partial charge in [0.1, 0.15) is 17.1 Å². The molecule has 1 atom stereocenters. The van der Waals surface area contributed by atoms with Gasteiger partial charge in [-0.05, 0) is 56.9 Å². The number of carbonyl (C=O) groups is 1. The van der Waals surface area contributed by atoms with Crippen LogP contribution in [0.2, 0.25) is 0 Å². The summed E-state index contributed by atoms with van der Waals surface area (Å²) in [5.74, 6) is -0.350. The highest BCUT2D eigenvalue weighted by atomic mass is 19.4. The van der Waals surface area contributed by atoms with Crippen LogP contribution in [0.1, 0.15) is 42.9 Å². The van der Waals surface area contributed by atoms with E-state index in [1.54, 1.807) is 26.0 Å². The molecule has 2 N–H and O–H groups in total. The maximum Gasteiger partial charge on any atom is 0.433 e. The van der Waals surface area contributed by atoms with Crippen LogP contribution in [0.15, 0.2) is 59.2 Å². The van der Waals surface area contributed by atoms with Gasteiger partial charge in [-0.3, -0.25) is 4.79 Å². The first-order chi connectivity index (χ1) is 16.0. The molecule has 2 aliphatic rings. The van der Waals surface area contributed by atoms with E-state index >= 15 is 0 Å². The number of rotatable bonds is 6. The lowest BCUT2D eigenvalue weighted by Gasteiger charge is -2.20. The summed E-state index contributed by atoms with van der Waals surface area (Å²) in [7, 11) is 1.44. The monoisotopic (exact) mass is 471 g/mol. The Morgan fingerprint density at radius 1 is 1.21 bits per heavy atom. The molecule has 0 fully saturated rings. The molecule has 2 heterocycles. The summed E-state index contributed by atoms with van der Waals surface area (Å²) in [6.45, 7) is 3.53. The zero-order chi connectivity index (χ0) is 24.7. The molecule has 0 radical (unpaired) electrons. The van der Waals surface area contributed by atoms with Crippen molar-refractivity contribution in [1.82, 2.24) is 4.98 Å². The number of hydrogen-bond acceptors (Lipinski definition) is 5. The summed E-state index contributed by atoms with van der Waals surface area (Å²) in [6, 6.07) is 6.57. The van der Waals surface area contributed by atoms with Gasteiger partial charge in [-0.25, -0.2) is 9.98 Å². The number of allylic oxidation sites excluding steroid dienone is 3. The Kier molecular flexibility index (Phi) is 6.07. The number of pyridine rings is 1. The Labute approximate surface area is 194 Å². The van der Waals surface area contributed by atoms with Crippen LogP contribution < -0.4 is 20.6 Å². The van der Waals surface area contributed by atoms with E-state index in [2.05, 4.69) is 15.3 Å². The molecule has 6 nitrogen and oxygen atoms in total. The van der Waals surface area contributed by atoms with E-state index in [-0.39, 0.29) is 11.6 Å². The van der Waals surface area contributed by atoms with E-state index in [0.29, 0.717) is 28.4 Å². The summed E-state index contributed by atoms with van der Waals surface area (Å²) in [5, 5.41) is 13.9. The summed E-state index contributed by atoms with van der Waals surface area (Å²) in [6.07, 6.45) is 2.63. The molecule has 178 valence electrons. The molecule has 1 unspecified atom stereocenters. The van der Waals surface area contributed by atoms with Crippen molar-refractivity contribution in [2.45, 2.75) is 38.5 Å². The fraction of sp³-hybridized carbons (Fsp3) is 0.320. The third kappa shape index (κ3) is 4.89. The fourth-order valence-corrected chi connectivity index (χ4v) is 3.92. The number of anilines is 1. The third-order valence-electron chi connectivity index (χ3n) is 5.63. The van der Waals surface area contributed by atoms with Crippen LogP contribution in [0.4, 0.5) is 18.9 Å². The predicted molar refractivity (Wildman–Crippen MR) is 121 cm³/mol. The summed E-state index contributed by atoms with van der Waals surface area (Å²) in [4.78, 5) is 21.0. The zero-order valence-electron chi connectivity index (χ0n) is 18.9. The number of nitrogens with zero attached hydrogens (tertiary/aromatic N) is 2. The molecule has 0 saturated carbocycles. The Hall–Kier alpha value is -3.46. The largest absolute Gasteiger partial charge is 0.495 e. The minimum atomic E-state index is -4.66. The second-order valence-corrected chi connectivity index (χ2v) is 8.85. The van der Waals surface area contributed by atoms with Crippen molar-refractivity contribution in [2.75, 3.05) is 12.4 Å². The van der Waals surface area contributed by atoms with E-state index in [9.17, 15) is 23.1 Å². The lowest BCUT2D eigenvalue weighted by molar-refractivity contribution is -0.141. The van der Waals surface area contributed by atoms with E-state index in [1.807, 2.05) is 18.2 Å². The highest BCUT2D eigenvalue weighted by molar-refractivity contribution is 6.04. The van der Waals surface area contributed by atoms with E-state index in [4.69, 9.17) is 4.74 Å². The predicted octanol–water partition coefficient (Wildman–Crippen LogP) is 3.77. The van der Waals surface area contributed by atoms with Crippen molar-refractivity contribution in [3.05, 3.63) is 76.2 Å². The highest BCUT2D eigenvalue weighted by Gasteiger charge is 2.33. The maximum absolute atomic E-state index is 13.0. The molecule has 1 aromatic heterocycles. The van der Waals surface area contributed by atoms with Crippen LogP contribution >= 0.6 is 0 Å². The SMILES string of the molecule is COc1ccc2c(c1NC(=O)c1cccc(C(F)(F)F)n1)=C1C=CC(CCC(C)(C)O)C=C1N=2. The van der Waals surface area contributed by atoms with Crippen LogP contribution in [0.3, 0.4) is 0 Å². The Morgan fingerprint density at radius 3 is 2.65 bits per heavy atom. The molecule has 1 aromatic carbocycles. The van der Waals surface area contributed by atoms with Gasteiger partial charge in [0, 0.05) is 10.8 Å². The van der Waals surface area contributed by atoms with Gasteiger partial charge >= 0.3 is 6.18 Å². The number of methoxy groups -OCH3 is 1. The second-order valence-electron chi connectivity index (χ2n) is 8.85. The molecular formula is C25H24F3N3O3. The molecule has 9 heteroatoms. The quantitative estimate of drug-likeness (QED) is 0.672. The summed E-state index contributed by atoms with van der Waals surface area (Å²) in [5.41, 5.74) is -0.455. The van der Waals surface area contributed by atoms with Crippen molar-refractivity contribution in [3.8, 4) is 5.75 Å². The van der Waals surface area contributed by atoms with Crippen molar-refractivity contribution in [2.24, 2.45) is 10.9 Å². The van der Waals surface area contributed by atoms with Crippen molar-refractivity contribution >= 4 is 17.2 Å². The lowest BCUT2D eigenvalue weighted by atomic mass is 9.90. The van der Waals surface area contributed by atoms with E-state index < -0.39 is 23.4 Å². The van der Waals surface area contributed by atoms with Crippen LogP contribution in [-0.4, -0.2) is 28.7 Å². The zero-order valence-corrected chi connectivity index (χ0v) is 18.9. The van der Waals surface area contributed by atoms with E-state index in [0.717, 1.165) is 29.8 Å². The number of carbonyl (C=O) groups excluding carboxylic acids is 1. The maximum atomic E-state index is 13.0. The third-order valence-corrected chi connectivity index (χ3v) is 5.63. The number of halogens is 3. The number of fused-ring (bicyclic) bond motifs is 2. The van der Waals surface area contributed by atoms with Crippen LogP contribution in [0, 0.1) is 5.92 Å². The first kappa shape index (κ1) is 23.7. The molecule has 1 amide bonds. The van der Waals surface area contributed by atoms with Gasteiger partial charge in [0.15, 0.2) is 0 Å². The van der Waals surface area contributed by atoms with Gasteiger partial charge < -0.3 is 15.2 Å². The molecule has 0 spiro atoms. The number of hydrogen-bond donors (Lipinski definition) is 2. The average molecular weight is 471 g/mol. The van der Waals surface area contributed by atoms with Crippen molar-refractivity contribution < 1.29 is 27.8 Å². The Morgan fingerprint density at radius 2 is 1.97 bits per heavy atom. The molecule has 0 saturated heterocycles. The molecule has 0 bridgehead atoms. The average Bonchev–Trinajstić information content (AvgIpc) is 3.15. The first-order valence-electron chi connectivity index (χ1n) is 10.7. The highest BCUT2D eigenvalue weighted by Crippen LogP contribution is 2.31. The fourth-order valence-electron chi connectivity index (χ4n) is 3.92. The second kappa shape index (κ2) is 8.72. The molecule has 2 aromatic rings. The van der Waals surface area contributed by atoms with Gasteiger partial charge in [0.25, 0.3) is 5.91 Å². The molecule has 1 aliphatic heterocycles. The van der Waals surface area contributed by atoms with Gasteiger partial charge in [0.2, 0.25) is 0 Å². The number of amides is 1. The van der Waals surface area contributed by atoms with E-state index in [1.165, 1.54) is 13.2 Å². The van der Waals surface area contributed by atoms with Gasteiger partial charge in [-0.2, -0.15) is 13.2 Å². The first-order valence-corrected chi connectivity index (χ1v) is 10.7. The van der Waals surface area contributed by atoms with Crippen molar-refractivity contribution in [3.63, 3.8) is 0 Å². The van der Waals surface area contributed by atoms with Gasteiger partial charge in [-0.15, -0.1) is 0 Å². The standard InChI is InChI=1S/C25H24F3N3O3/c1-24(2,33)12-11-14-7-8-15-18(13-14)29-16-9-10-19(34-3)22(21(15)16)31-23(32)17-5-4-6-20(30-17)25(26,27)28/h4-10,13-14,33H,11-12H2,1-3H3,(H,31,32). The number of alkyl halides is 3. The number of aromatic nitrogens is 1. The minimum absolute atomic E-state index is 0.0949. The lowest BCUT2D eigenvalue weighted by Crippen LogP contribution is -2.30. The Bertz CT molecular complexity index is 1320. The van der Waals surface area contributed by atoms with Gasteiger partial charge in [-0.1, -0.05) is 24.3 Å².